The van der Waals surface area contributed by atoms with Crippen molar-refractivity contribution in [1.29, 1.82) is 0 Å². The van der Waals surface area contributed by atoms with Crippen LogP contribution >= 0.6 is 0 Å². The first-order valence-electron chi connectivity index (χ1n) is 11.1. The Kier molecular flexibility index (Phi) is 8.18. The lowest BCUT2D eigenvalue weighted by atomic mass is 9.78. The van der Waals surface area contributed by atoms with E-state index in [9.17, 15) is 13.2 Å². The molecule has 3 rings (SSSR count). The predicted octanol–water partition coefficient (Wildman–Crippen LogP) is 6.79. The monoisotopic (exact) mass is 422 g/mol. The average Bonchev–Trinajstić information content (AvgIpc) is 2.75. The van der Waals surface area contributed by atoms with Gasteiger partial charge in [-0.15, -0.1) is 6.58 Å². The molecule has 0 aromatic heterocycles. The van der Waals surface area contributed by atoms with E-state index in [4.69, 9.17) is 9.47 Å². The molecule has 2 fully saturated rings. The molecule has 1 saturated heterocycles. The van der Waals surface area contributed by atoms with Crippen molar-refractivity contribution in [3.05, 3.63) is 59.7 Å². The first-order chi connectivity index (χ1) is 14.5. The van der Waals surface area contributed by atoms with Crippen molar-refractivity contribution >= 4 is 0 Å². The van der Waals surface area contributed by atoms with Gasteiger partial charge in [0.1, 0.15) is 0 Å². The largest absolute Gasteiger partial charge is 0.346 e. The molecule has 1 aliphatic carbocycles. The van der Waals surface area contributed by atoms with Gasteiger partial charge in [-0.1, -0.05) is 37.6 Å². The smallest absolute Gasteiger partial charge is 0.177 e. The molecule has 0 atom stereocenters. The van der Waals surface area contributed by atoms with E-state index in [1.807, 2.05) is 13.0 Å². The van der Waals surface area contributed by atoms with Crippen LogP contribution < -0.4 is 0 Å². The highest BCUT2D eigenvalue weighted by Crippen LogP contribution is 2.38. The molecule has 0 radical (unpaired) electrons. The molecular formula is C25H33F3O2. The van der Waals surface area contributed by atoms with Crippen LogP contribution in [0.3, 0.4) is 0 Å². The summed E-state index contributed by atoms with van der Waals surface area (Å²) in [6.45, 7) is 5.71. The molecule has 2 nitrogen and oxygen atoms in total. The summed E-state index contributed by atoms with van der Waals surface area (Å²) in [6.07, 6.45) is 10.9. The van der Waals surface area contributed by atoms with Crippen LogP contribution in [0.4, 0.5) is 13.2 Å². The van der Waals surface area contributed by atoms with Gasteiger partial charge < -0.3 is 9.47 Å². The van der Waals surface area contributed by atoms with E-state index in [-0.39, 0.29) is 19.1 Å². The van der Waals surface area contributed by atoms with Crippen LogP contribution in [0.15, 0.2) is 36.9 Å². The van der Waals surface area contributed by atoms with Gasteiger partial charge in [-0.3, -0.25) is 0 Å². The van der Waals surface area contributed by atoms with Crippen molar-refractivity contribution in [3.8, 4) is 0 Å². The maximum Gasteiger partial charge on any atom is 0.177 e. The summed E-state index contributed by atoms with van der Waals surface area (Å²) in [5, 5.41) is 0. The number of hydrogen-bond donors (Lipinski definition) is 0. The van der Waals surface area contributed by atoms with Crippen LogP contribution in [0, 0.1) is 17.6 Å². The van der Waals surface area contributed by atoms with Crippen molar-refractivity contribution in [2.45, 2.75) is 76.2 Å². The number of benzene rings is 1. The summed E-state index contributed by atoms with van der Waals surface area (Å²) < 4.78 is 54.4. The first-order valence-corrected chi connectivity index (χ1v) is 11.1. The fourth-order valence-corrected chi connectivity index (χ4v) is 4.50. The number of aryl methyl sites for hydroxylation is 1. The Hall–Kier alpha value is -1.59. The maximum absolute atomic E-state index is 14.6. The minimum absolute atomic E-state index is 0.0426. The zero-order chi connectivity index (χ0) is 21.6. The molecule has 0 unspecified atom stereocenters. The summed E-state index contributed by atoms with van der Waals surface area (Å²) in [7, 11) is 0. The molecule has 1 saturated carbocycles. The molecule has 166 valence electrons. The number of hydrogen-bond acceptors (Lipinski definition) is 2. The van der Waals surface area contributed by atoms with E-state index in [2.05, 4.69) is 12.7 Å². The maximum atomic E-state index is 14.6. The Morgan fingerprint density at radius 2 is 1.77 bits per heavy atom. The first kappa shape index (κ1) is 23.1. The lowest BCUT2D eigenvalue weighted by molar-refractivity contribution is -0.213. The quantitative estimate of drug-likeness (QED) is 0.429. The van der Waals surface area contributed by atoms with Gasteiger partial charge in [-0.2, -0.15) is 0 Å². The van der Waals surface area contributed by atoms with Gasteiger partial charge in [0.05, 0.1) is 13.2 Å². The molecule has 1 aliphatic heterocycles. The van der Waals surface area contributed by atoms with E-state index >= 15 is 0 Å². The van der Waals surface area contributed by atoms with E-state index < -0.39 is 23.6 Å². The Labute approximate surface area is 178 Å². The van der Waals surface area contributed by atoms with Gasteiger partial charge in [0.25, 0.3) is 0 Å². The number of halogens is 3. The fraction of sp³-hybridized carbons (Fsp3) is 0.600. The van der Waals surface area contributed by atoms with Gasteiger partial charge >= 0.3 is 0 Å². The van der Waals surface area contributed by atoms with E-state index in [0.717, 1.165) is 32.1 Å². The summed E-state index contributed by atoms with van der Waals surface area (Å²) >= 11 is 0. The minimum Gasteiger partial charge on any atom is -0.346 e. The van der Waals surface area contributed by atoms with Crippen LogP contribution in [0.5, 0.6) is 0 Å². The molecule has 1 aromatic rings. The number of allylic oxidation sites excluding steroid dienone is 2. The topological polar surface area (TPSA) is 18.5 Å². The van der Waals surface area contributed by atoms with E-state index in [0.29, 0.717) is 36.3 Å². The SMILES string of the molecule is C=CCCc1ccc(C2CCC(C=CC3OCC(F)(CCC)CO3)CC2)c(F)c1F. The van der Waals surface area contributed by atoms with Crippen molar-refractivity contribution in [2.24, 2.45) is 5.92 Å². The molecule has 2 aliphatic rings. The molecular weight excluding hydrogens is 389 g/mol. The van der Waals surface area contributed by atoms with Crippen molar-refractivity contribution < 1.29 is 22.6 Å². The molecule has 30 heavy (non-hydrogen) atoms. The lowest BCUT2D eigenvalue weighted by Gasteiger charge is -2.33. The molecule has 5 heteroatoms. The summed E-state index contributed by atoms with van der Waals surface area (Å²) in [5.41, 5.74) is -0.472. The van der Waals surface area contributed by atoms with Crippen molar-refractivity contribution in [2.75, 3.05) is 13.2 Å². The predicted molar refractivity (Wildman–Crippen MR) is 113 cm³/mol. The second kappa shape index (κ2) is 10.6. The Morgan fingerprint density at radius 3 is 2.40 bits per heavy atom. The highest BCUT2D eigenvalue weighted by atomic mass is 19.2. The molecule has 0 bridgehead atoms. The van der Waals surface area contributed by atoms with Crippen LogP contribution in [-0.2, 0) is 15.9 Å². The van der Waals surface area contributed by atoms with Gasteiger partial charge in [0.2, 0.25) is 0 Å². The molecule has 0 N–H and O–H groups in total. The lowest BCUT2D eigenvalue weighted by Crippen LogP contribution is -2.43. The summed E-state index contributed by atoms with van der Waals surface area (Å²) in [5.74, 6) is -1.02. The van der Waals surface area contributed by atoms with Gasteiger partial charge in [0, 0.05) is 0 Å². The zero-order valence-electron chi connectivity index (χ0n) is 17.8. The van der Waals surface area contributed by atoms with E-state index in [1.165, 1.54) is 0 Å². The van der Waals surface area contributed by atoms with Crippen LogP contribution in [0.1, 0.15) is 68.9 Å². The molecule has 0 spiro atoms. The Morgan fingerprint density at radius 1 is 1.07 bits per heavy atom. The summed E-state index contributed by atoms with van der Waals surface area (Å²) in [6, 6.07) is 3.46. The standard InChI is InChI=1S/C25H33F3O2/c1-3-5-6-20-12-13-21(24(27)23(20)26)19-10-7-18(8-11-19)9-14-22-29-16-25(28,15-4-2)17-30-22/h3,9,12-14,18-19,22H,1,4-8,10-11,15-17H2,2H3. The molecule has 1 heterocycles. The second-order valence-corrected chi connectivity index (χ2v) is 8.66. The number of alkyl halides is 1. The van der Waals surface area contributed by atoms with Gasteiger partial charge in [0.15, 0.2) is 23.6 Å². The highest BCUT2D eigenvalue weighted by molar-refractivity contribution is 5.30. The van der Waals surface area contributed by atoms with Crippen LogP contribution in [0.25, 0.3) is 0 Å². The van der Waals surface area contributed by atoms with E-state index in [1.54, 1.807) is 18.2 Å². The van der Waals surface area contributed by atoms with Crippen LogP contribution in [-0.4, -0.2) is 25.2 Å². The third-order valence-electron chi connectivity index (χ3n) is 6.27. The number of rotatable bonds is 8. The third kappa shape index (κ3) is 5.76. The highest BCUT2D eigenvalue weighted by Gasteiger charge is 2.35. The van der Waals surface area contributed by atoms with Crippen molar-refractivity contribution in [3.63, 3.8) is 0 Å². The minimum atomic E-state index is -1.38. The van der Waals surface area contributed by atoms with Gasteiger partial charge in [-0.25, -0.2) is 13.2 Å². The van der Waals surface area contributed by atoms with Gasteiger partial charge in [-0.05, 0) is 74.0 Å². The van der Waals surface area contributed by atoms with Crippen molar-refractivity contribution in [1.82, 2.24) is 0 Å². The fourth-order valence-electron chi connectivity index (χ4n) is 4.50. The second-order valence-electron chi connectivity index (χ2n) is 8.66. The normalized spacial score (nSPS) is 29.9. The molecule has 0 amide bonds. The Balaban J connectivity index is 1.50. The number of ether oxygens (including phenoxy) is 2. The summed E-state index contributed by atoms with van der Waals surface area (Å²) in [4.78, 5) is 0. The molecule has 1 aromatic carbocycles. The Bertz CT molecular complexity index is 730. The zero-order valence-corrected chi connectivity index (χ0v) is 17.8. The third-order valence-corrected chi connectivity index (χ3v) is 6.27. The average molecular weight is 423 g/mol. The van der Waals surface area contributed by atoms with Crippen LogP contribution in [0.2, 0.25) is 0 Å².